The Morgan fingerprint density at radius 1 is 0.519 bits per heavy atom. The van der Waals surface area contributed by atoms with Gasteiger partial charge in [-0.1, -0.05) is 204 Å². The van der Waals surface area contributed by atoms with Crippen LogP contribution in [-0.4, -0.2) is 53.1 Å². The van der Waals surface area contributed by atoms with E-state index in [1.165, 1.54) is 141 Å². The Hall–Kier alpha value is -1.48. The second-order valence-corrected chi connectivity index (χ2v) is 16.6. The Morgan fingerprint density at radius 2 is 0.865 bits per heavy atom. The van der Waals surface area contributed by atoms with Gasteiger partial charge in [0.2, 0.25) is 5.91 Å². The fourth-order valence-corrected chi connectivity index (χ4v) is 7.28. The Labute approximate surface area is 321 Å². The first kappa shape index (κ1) is 50.5. The lowest BCUT2D eigenvalue weighted by atomic mass is 10.0. The molecule has 7 nitrogen and oxygen atoms in total. The minimum Gasteiger partial charge on any atom is -0.387 e. The quantitative estimate of drug-likeness (QED) is 0.0281. The molecule has 0 fully saturated rings. The van der Waals surface area contributed by atoms with Gasteiger partial charge in [0.05, 0.1) is 17.9 Å². The van der Waals surface area contributed by atoms with Crippen LogP contribution < -0.4 is 5.32 Å². The third kappa shape index (κ3) is 36.9. The molecule has 0 aliphatic carbocycles. The number of aliphatic hydroxyl groups is 2. The van der Waals surface area contributed by atoms with Crippen molar-refractivity contribution in [3.05, 3.63) is 36.5 Å². The van der Waals surface area contributed by atoms with Crippen LogP contribution in [0.2, 0.25) is 0 Å². The van der Waals surface area contributed by atoms with E-state index in [2.05, 4.69) is 43.5 Å². The molecule has 306 valence electrons. The van der Waals surface area contributed by atoms with Crippen LogP contribution in [0.3, 0.4) is 0 Å². The van der Waals surface area contributed by atoms with E-state index in [1.807, 2.05) is 0 Å². The zero-order chi connectivity index (χ0) is 38.4. The van der Waals surface area contributed by atoms with Gasteiger partial charge in [-0.25, -0.2) is 0 Å². The van der Waals surface area contributed by atoms with Crippen LogP contribution in [0, 0.1) is 0 Å². The van der Waals surface area contributed by atoms with Crippen LogP contribution in [0.1, 0.15) is 213 Å². The van der Waals surface area contributed by atoms with Crippen molar-refractivity contribution in [1.82, 2.24) is 5.32 Å². The monoisotopic (exact) mass is 754 g/mol. The fourth-order valence-electron chi connectivity index (χ4n) is 6.55. The van der Waals surface area contributed by atoms with Crippen molar-refractivity contribution in [3.8, 4) is 0 Å². The highest BCUT2D eigenvalue weighted by Crippen LogP contribution is 2.16. The number of aliphatic hydroxyl groups excluding tert-OH is 2. The summed E-state index contributed by atoms with van der Waals surface area (Å²) in [5.74, 6) is -1.56. The van der Waals surface area contributed by atoms with Gasteiger partial charge in [-0.05, 0) is 44.9 Å². The number of hydrogen-bond donors (Lipinski definition) is 4. The van der Waals surface area contributed by atoms with Crippen LogP contribution >= 0.6 is 0 Å². The molecule has 0 saturated carbocycles. The molecule has 0 heterocycles. The van der Waals surface area contributed by atoms with E-state index in [9.17, 15) is 28.0 Å². The smallest absolute Gasteiger partial charge is 0.267 e. The molecule has 0 aromatic rings. The van der Waals surface area contributed by atoms with Crippen molar-refractivity contribution in [3.63, 3.8) is 0 Å². The first-order valence-electron chi connectivity index (χ1n) is 21.8. The molecule has 0 radical (unpaired) electrons. The highest BCUT2D eigenvalue weighted by Gasteiger charge is 2.27. The van der Waals surface area contributed by atoms with Crippen molar-refractivity contribution in [2.45, 2.75) is 231 Å². The van der Waals surface area contributed by atoms with Crippen molar-refractivity contribution in [1.29, 1.82) is 0 Å². The Kier molecular flexibility index (Phi) is 36.7. The Balaban J connectivity index is 3.98. The molecular formula is C44H83NO6S. The minimum absolute atomic E-state index is 0.274. The summed E-state index contributed by atoms with van der Waals surface area (Å²) < 4.78 is 32.5. The summed E-state index contributed by atoms with van der Waals surface area (Å²) >= 11 is 0. The van der Waals surface area contributed by atoms with Crippen molar-refractivity contribution >= 4 is 16.0 Å². The maximum atomic E-state index is 12.6. The summed E-state index contributed by atoms with van der Waals surface area (Å²) in [4.78, 5) is 12.6. The number of hydrogen-bond acceptors (Lipinski definition) is 5. The van der Waals surface area contributed by atoms with Gasteiger partial charge in [-0.15, -0.1) is 0 Å². The predicted octanol–water partition coefficient (Wildman–Crippen LogP) is 11.9. The van der Waals surface area contributed by atoms with Crippen LogP contribution in [0.5, 0.6) is 0 Å². The van der Waals surface area contributed by atoms with E-state index >= 15 is 0 Å². The zero-order valence-corrected chi connectivity index (χ0v) is 34.6. The third-order valence-electron chi connectivity index (χ3n) is 9.90. The van der Waals surface area contributed by atoms with Crippen LogP contribution in [-0.2, 0) is 14.9 Å². The lowest BCUT2D eigenvalue weighted by molar-refractivity contribution is -0.130. The van der Waals surface area contributed by atoms with Gasteiger partial charge in [0.1, 0.15) is 6.10 Å². The van der Waals surface area contributed by atoms with Crippen LogP contribution in [0.4, 0.5) is 0 Å². The summed E-state index contributed by atoms with van der Waals surface area (Å²) in [6.45, 7) is 4.49. The zero-order valence-electron chi connectivity index (χ0n) is 33.8. The van der Waals surface area contributed by atoms with Gasteiger partial charge in [0.15, 0.2) is 0 Å². The molecule has 4 N–H and O–H groups in total. The third-order valence-corrected chi connectivity index (χ3v) is 10.7. The molecule has 0 saturated heterocycles. The summed E-state index contributed by atoms with van der Waals surface area (Å²) in [5.41, 5.74) is 0. The molecule has 0 aliphatic rings. The normalized spacial score (nSPS) is 14.2. The number of carbonyl (C=O) groups is 1. The largest absolute Gasteiger partial charge is 0.387 e. The molecule has 0 aromatic carbocycles. The van der Waals surface area contributed by atoms with Gasteiger partial charge in [-0.3, -0.25) is 9.35 Å². The number of allylic oxidation sites excluding steroid dienone is 5. The number of unbranched alkanes of at least 4 members (excludes halogenated alkanes) is 26. The summed E-state index contributed by atoms with van der Waals surface area (Å²) in [6.07, 6.45) is 46.4. The van der Waals surface area contributed by atoms with E-state index in [1.54, 1.807) is 6.08 Å². The van der Waals surface area contributed by atoms with Crippen LogP contribution in [0.25, 0.3) is 0 Å². The predicted molar refractivity (Wildman–Crippen MR) is 222 cm³/mol. The van der Waals surface area contributed by atoms with Crippen LogP contribution in [0.15, 0.2) is 36.5 Å². The lowest BCUT2D eigenvalue weighted by Gasteiger charge is -2.22. The number of carbonyl (C=O) groups excluding carboxylic acids is 1. The maximum absolute atomic E-state index is 12.6. The SMILES string of the molecule is CCCCCC/C=C/CC/C=C/CC/C=C/C(O)C(CS(=O)(=O)O)NC(=O)C(O)CCCCCCCCCCCCCCCCCCCCCCC. The average molecular weight is 754 g/mol. The standard InChI is InChI=1S/C44H83NO6S/c1-3-5-7-9-11-13-15-17-19-20-21-22-23-24-25-27-29-31-33-35-37-39-43(47)44(48)45-41(40-52(49,50)51)42(46)38-36-34-32-30-28-26-18-16-14-12-10-8-6-4-2/h14,16,28,30,36,38,41-43,46-47H,3-13,15,17-27,29,31-35,37,39-40H2,1-2H3,(H,45,48)(H,49,50,51)/b16-14+,30-28+,38-36+. The molecule has 0 aromatic heterocycles. The second-order valence-electron chi connectivity index (χ2n) is 15.1. The van der Waals surface area contributed by atoms with Crippen molar-refractivity contribution in [2.75, 3.05) is 5.75 Å². The molecule has 52 heavy (non-hydrogen) atoms. The van der Waals surface area contributed by atoms with Gasteiger partial charge in [0.25, 0.3) is 10.1 Å². The van der Waals surface area contributed by atoms with Crippen molar-refractivity contribution in [2.24, 2.45) is 0 Å². The second kappa shape index (κ2) is 37.8. The number of amides is 1. The highest BCUT2D eigenvalue weighted by molar-refractivity contribution is 7.85. The molecular weight excluding hydrogens is 671 g/mol. The van der Waals surface area contributed by atoms with E-state index in [0.29, 0.717) is 12.8 Å². The van der Waals surface area contributed by atoms with Gasteiger partial charge < -0.3 is 15.5 Å². The molecule has 0 bridgehead atoms. The molecule has 0 aliphatic heterocycles. The first-order valence-corrected chi connectivity index (χ1v) is 23.4. The number of rotatable bonds is 39. The Bertz CT molecular complexity index is 979. The minimum atomic E-state index is -4.45. The lowest BCUT2D eigenvalue weighted by Crippen LogP contribution is -2.50. The molecule has 3 unspecified atom stereocenters. The fraction of sp³-hybridized carbons (Fsp3) is 0.841. The topological polar surface area (TPSA) is 124 Å². The van der Waals surface area contributed by atoms with Crippen molar-refractivity contribution < 1.29 is 28.0 Å². The van der Waals surface area contributed by atoms with E-state index in [0.717, 1.165) is 44.9 Å². The summed E-state index contributed by atoms with van der Waals surface area (Å²) in [7, 11) is -4.45. The molecule has 0 rings (SSSR count). The molecule has 1 amide bonds. The van der Waals surface area contributed by atoms with Gasteiger partial charge in [0, 0.05) is 0 Å². The maximum Gasteiger partial charge on any atom is 0.267 e. The number of nitrogens with one attached hydrogen (secondary N) is 1. The summed E-state index contributed by atoms with van der Waals surface area (Å²) in [5, 5.41) is 23.4. The highest BCUT2D eigenvalue weighted by atomic mass is 32.2. The molecule has 8 heteroatoms. The first-order chi connectivity index (χ1) is 25.2. The van der Waals surface area contributed by atoms with Gasteiger partial charge in [-0.2, -0.15) is 8.42 Å². The van der Waals surface area contributed by atoms with E-state index in [-0.39, 0.29) is 6.42 Å². The molecule has 0 spiro atoms. The van der Waals surface area contributed by atoms with E-state index in [4.69, 9.17) is 0 Å². The molecule has 3 atom stereocenters. The summed E-state index contributed by atoms with van der Waals surface area (Å²) in [6, 6.07) is -1.25. The van der Waals surface area contributed by atoms with E-state index < -0.39 is 40.0 Å². The van der Waals surface area contributed by atoms with Gasteiger partial charge >= 0.3 is 0 Å². The Morgan fingerprint density at radius 3 is 1.27 bits per heavy atom. The average Bonchev–Trinajstić information content (AvgIpc) is 3.11.